The van der Waals surface area contributed by atoms with Crippen LogP contribution in [0.25, 0.3) is 6.08 Å². The number of rotatable bonds is 8. The predicted octanol–water partition coefficient (Wildman–Crippen LogP) is 7.70. The van der Waals surface area contributed by atoms with Crippen LogP contribution in [0.4, 0.5) is 5.69 Å². The highest BCUT2D eigenvalue weighted by molar-refractivity contribution is 9.10. The monoisotopic (exact) mass is 602 g/mol. The van der Waals surface area contributed by atoms with Gasteiger partial charge < -0.3 is 14.8 Å². The Morgan fingerprint density at radius 2 is 1.79 bits per heavy atom. The van der Waals surface area contributed by atoms with E-state index in [4.69, 9.17) is 21.1 Å². The summed E-state index contributed by atoms with van der Waals surface area (Å²) in [6.07, 6.45) is 1.51. The second-order valence-corrected chi connectivity index (χ2v) is 9.46. The predicted molar refractivity (Wildman–Crippen MR) is 142 cm³/mol. The molecule has 0 fully saturated rings. The lowest BCUT2D eigenvalue weighted by molar-refractivity contribution is -0.112. The molecular weight excluding hydrogens is 584 g/mol. The zero-order valence-electron chi connectivity index (χ0n) is 18.5. The number of ether oxygens (including phenoxy) is 2. The van der Waals surface area contributed by atoms with E-state index < -0.39 is 5.91 Å². The van der Waals surface area contributed by atoms with Gasteiger partial charge in [0.25, 0.3) is 5.91 Å². The van der Waals surface area contributed by atoms with E-state index >= 15 is 0 Å². The number of carbonyl (C=O) groups is 1. The summed E-state index contributed by atoms with van der Waals surface area (Å²) in [4.78, 5) is 12.8. The Labute approximate surface area is 220 Å². The third kappa shape index (κ3) is 6.86. The van der Waals surface area contributed by atoms with Crippen molar-refractivity contribution in [1.29, 1.82) is 5.26 Å². The first-order valence-electron chi connectivity index (χ1n) is 10.3. The Morgan fingerprint density at radius 1 is 1.09 bits per heavy atom. The molecule has 0 spiro atoms. The fraction of sp³-hybridized carbons (Fsp3) is 0.154. The van der Waals surface area contributed by atoms with E-state index in [1.54, 1.807) is 30.3 Å². The van der Waals surface area contributed by atoms with Gasteiger partial charge in [-0.3, -0.25) is 4.79 Å². The normalized spacial score (nSPS) is 11.0. The van der Waals surface area contributed by atoms with E-state index in [0.29, 0.717) is 45.5 Å². The Morgan fingerprint density at radius 3 is 2.44 bits per heavy atom. The van der Waals surface area contributed by atoms with Crippen LogP contribution in [0.15, 0.2) is 69.1 Å². The molecular formula is C26H21Br2ClN2O3. The largest absolute Gasteiger partial charge is 0.490 e. The molecule has 0 unspecified atom stereocenters. The SMILES string of the molecule is CCOc1cc(/C=C(\C#N)C(=O)Nc2ccc(Br)cc2C)c(Br)cc1OCc1ccc(Cl)cc1. The number of aryl methyl sites for hydroxylation is 1. The van der Waals surface area contributed by atoms with Gasteiger partial charge in [0.05, 0.1) is 6.61 Å². The van der Waals surface area contributed by atoms with Crippen molar-refractivity contribution in [2.45, 2.75) is 20.5 Å². The minimum atomic E-state index is -0.499. The first kappa shape index (κ1) is 25.8. The molecule has 5 nitrogen and oxygen atoms in total. The summed E-state index contributed by atoms with van der Waals surface area (Å²) in [5.74, 6) is 0.544. The number of halogens is 3. The zero-order chi connectivity index (χ0) is 24.7. The number of amides is 1. The summed E-state index contributed by atoms with van der Waals surface area (Å²) in [6, 6.07) is 18.4. The molecule has 1 N–H and O–H groups in total. The van der Waals surface area contributed by atoms with E-state index in [1.807, 2.05) is 44.2 Å². The number of nitriles is 1. The van der Waals surface area contributed by atoms with E-state index in [0.717, 1.165) is 15.6 Å². The van der Waals surface area contributed by atoms with Crippen molar-refractivity contribution in [2.75, 3.05) is 11.9 Å². The third-order valence-electron chi connectivity index (χ3n) is 4.77. The number of anilines is 1. The summed E-state index contributed by atoms with van der Waals surface area (Å²) in [5.41, 5.74) is 3.04. The van der Waals surface area contributed by atoms with E-state index in [9.17, 15) is 10.1 Å². The number of carbonyl (C=O) groups excluding carboxylic acids is 1. The van der Waals surface area contributed by atoms with Gasteiger partial charge in [0, 0.05) is 19.7 Å². The molecule has 8 heteroatoms. The minimum absolute atomic E-state index is 0.0414. The number of hydrogen-bond donors (Lipinski definition) is 1. The summed E-state index contributed by atoms with van der Waals surface area (Å²) in [6.45, 7) is 4.51. The summed E-state index contributed by atoms with van der Waals surface area (Å²) < 4.78 is 13.3. The lowest BCUT2D eigenvalue weighted by atomic mass is 10.1. The smallest absolute Gasteiger partial charge is 0.266 e. The molecule has 0 aliphatic rings. The molecule has 34 heavy (non-hydrogen) atoms. The number of benzene rings is 3. The second-order valence-electron chi connectivity index (χ2n) is 7.25. The molecule has 1 amide bonds. The van der Waals surface area contributed by atoms with Crippen LogP contribution in [-0.2, 0) is 11.4 Å². The molecule has 174 valence electrons. The summed E-state index contributed by atoms with van der Waals surface area (Å²) >= 11 is 12.9. The average Bonchev–Trinajstić information content (AvgIpc) is 2.81. The van der Waals surface area contributed by atoms with E-state index in [1.165, 1.54) is 6.08 Å². The van der Waals surface area contributed by atoms with Gasteiger partial charge in [-0.15, -0.1) is 0 Å². The molecule has 0 bridgehead atoms. The van der Waals surface area contributed by atoms with Crippen molar-refractivity contribution < 1.29 is 14.3 Å². The Bertz CT molecular complexity index is 1270. The average molecular weight is 605 g/mol. The topological polar surface area (TPSA) is 71.3 Å². The van der Waals surface area contributed by atoms with Crippen molar-refractivity contribution in [3.8, 4) is 17.6 Å². The minimum Gasteiger partial charge on any atom is -0.490 e. The number of nitrogens with one attached hydrogen (secondary N) is 1. The van der Waals surface area contributed by atoms with Gasteiger partial charge >= 0.3 is 0 Å². The van der Waals surface area contributed by atoms with Crippen LogP contribution >= 0.6 is 43.5 Å². The van der Waals surface area contributed by atoms with Crippen molar-refractivity contribution in [2.24, 2.45) is 0 Å². The van der Waals surface area contributed by atoms with E-state index in [-0.39, 0.29) is 5.57 Å². The highest BCUT2D eigenvalue weighted by atomic mass is 79.9. The zero-order valence-corrected chi connectivity index (χ0v) is 22.4. The molecule has 0 saturated heterocycles. The maximum atomic E-state index is 12.8. The maximum absolute atomic E-state index is 12.8. The lowest BCUT2D eigenvalue weighted by Gasteiger charge is -2.14. The molecule has 0 heterocycles. The Hall–Kier alpha value is -2.79. The molecule has 3 aromatic rings. The standard InChI is InChI=1S/C26H21Br2ClN2O3/c1-3-33-24-12-18(22(28)13-25(24)34-15-17-4-7-21(29)8-5-17)11-19(14-30)26(32)31-23-9-6-20(27)10-16(23)2/h4-13H,3,15H2,1-2H3,(H,31,32)/b19-11+. The van der Waals surface area contributed by atoms with Gasteiger partial charge in [0.2, 0.25) is 0 Å². The Kier molecular flexibility index (Phi) is 9.17. The van der Waals surface area contributed by atoms with Gasteiger partial charge in [-0.1, -0.05) is 55.6 Å². The fourth-order valence-electron chi connectivity index (χ4n) is 3.05. The lowest BCUT2D eigenvalue weighted by Crippen LogP contribution is -2.14. The van der Waals surface area contributed by atoms with Crippen LogP contribution < -0.4 is 14.8 Å². The first-order chi connectivity index (χ1) is 16.3. The van der Waals surface area contributed by atoms with Crippen LogP contribution in [0.3, 0.4) is 0 Å². The quantitative estimate of drug-likeness (QED) is 0.211. The van der Waals surface area contributed by atoms with Gasteiger partial charge in [0.1, 0.15) is 18.2 Å². The van der Waals surface area contributed by atoms with Crippen LogP contribution in [0.1, 0.15) is 23.6 Å². The number of nitrogens with zero attached hydrogens (tertiary/aromatic N) is 1. The first-order valence-corrected chi connectivity index (χ1v) is 12.3. The molecule has 3 aromatic carbocycles. The van der Waals surface area contributed by atoms with Crippen LogP contribution in [-0.4, -0.2) is 12.5 Å². The second kappa shape index (κ2) is 12.1. The van der Waals surface area contributed by atoms with Gasteiger partial charge in [-0.2, -0.15) is 5.26 Å². The molecule has 0 radical (unpaired) electrons. The van der Waals surface area contributed by atoms with Gasteiger partial charge in [-0.25, -0.2) is 0 Å². The number of hydrogen-bond acceptors (Lipinski definition) is 4. The highest BCUT2D eigenvalue weighted by Gasteiger charge is 2.15. The van der Waals surface area contributed by atoms with Crippen molar-refractivity contribution in [3.63, 3.8) is 0 Å². The van der Waals surface area contributed by atoms with Crippen molar-refractivity contribution in [3.05, 3.63) is 90.8 Å². The Balaban J connectivity index is 1.85. The van der Waals surface area contributed by atoms with Crippen LogP contribution in [0.2, 0.25) is 5.02 Å². The molecule has 3 rings (SSSR count). The third-order valence-corrected chi connectivity index (χ3v) is 6.20. The molecule has 0 atom stereocenters. The molecule has 0 aromatic heterocycles. The van der Waals surface area contributed by atoms with Crippen LogP contribution in [0.5, 0.6) is 11.5 Å². The summed E-state index contributed by atoms with van der Waals surface area (Å²) in [5, 5.41) is 13.1. The fourth-order valence-corrected chi connectivity index (χ4v) is 4.08. The van der Waals surface area contributed by atoms with Crippen LogP contribution in [0, 0.1) is 18.3 Å². The maximum Gasteiger partial charge on any atom is 0.266 e. The molecule has 0 aliphatic carbocycles. The molecule has 0 aliphatic heterocycles. The highest BCUT2D eigenvalue weighted by Crippen LogP contribution is 2.35. The summed E-state index contributed by atoms with van der Waals surface area (Å²) in [7, 11) is 0. The van der Waals surface area contributed by atoms with Gasteiger partial charge in [-0.05, 0) is 79.1 Å². The van der Waals surface area contributed by atoms with Crippen molar-refractivity contribution >= 4 is 61.1 Å². The van der Waals surface area contributed by atoms with Crippen molar-refractivity contribution in [1.82, 2.24) is 0 Å². The molecule has 0 saturated carbocycles. The van der Waals surface area contributed by atoms with E-state index in [2.05, 4.69) is 37.2 Å². The van der Waals surface area contributed by atoms with Gasteiger partial charge in [0.15, 0.2) is 11.5 Å².